The number of nitrogen functional groups attached to an aromatic ring is 1. The van der Waals surface area contributed by atoms with E-state index in [0.29, 0.717) is 5.69 Å². The van der Waals surface area contributed by atoms with Gasteiger partial charge in [0.1, 0.15) is 11.5 Å². The van der Waals surface area contributed by atoms with Crippen LogP contribution in [0, 0.1) is 5.41 Å². The lowest BCUT2D eigenvalue weighted by atomic mass is 10.1. The molecule has 0 radical (unpaired) electrons. The summed E-state index contributed by atoms with van der Waals surface area (Å²) in [6.45, 7) is 5.70. The SMILES string of the molecule is C[C@@H]1CN(c2cccnc2C(=N)N)C[C@H](C)O1. The Labute approximate surface area is 101 Å². The number of nitrogens with zero attached hydrogens (tertiary/aromatic N) is 2. The molecule has 0 unspecified atom stereocenters. The van der Waals surface area contributed by atoms with Gasteiger partial charge < -0.3 is 15.4 Å². The molecule has 1 fully saturated rings. The zero-order valence-corrected chi connectivity index (χ0v) is 10.2. The standard InChI is InChI=1S/C12H18N4O/c1-8-6-16(7-9(2)17-8)10-4-3-5-15-11(10)12(13)14/h3-5,8-9H,6-7H2,1-2H3,(H3,13,14)/t8-,9+. The van der Waals surface area contributed by atoms with Crippen molar-refractivity contribution in [1.82, 2.24) is 4.98 Å². The van der Waals surface area contributed by atoms with E-state index >= 15 is 0 Å². The van der Waals surface area contributed by atoms with Crippen molar-refractivity contribution >= 4 is 11.5 Å². The molecule has 1 aromatic heterocycles. The highest BCUT2D eigenvalue weighted by molar-refractivity contribution is 5.98. The van der Waals surface area contributed by atoms with Crippen molar-refractivity contribution in [3.8, 4) is 0 Å². The van der Waals surface area contributed by atoms with Crippen LogP contribution in [-0.2, 0) is 4.74 Å². The lowest BCUT2D eigenvalue weighted by Gasteiger charge is -2.37. The second-order valence-corrected chi connectivity index (χ2v) is 4.45. The van der Waals surface area contributed by atoms with Gasteiger partial charge in [0.2, 0.25) is 0 Å². The van der Waals surface area contributed by atoms with Crippen LogP contribution < -0.4 is 10.6 Å². The summed E-state index contributed by atoms with van der Waals surface area (Å²) >= 11 is 0. The number of hydrogen-bond donors (Lipinski definition) is 2. The van der Waals surface area contributed by atoms with Crippen LogP contribution in [-0.4, -0.2) is 36.1 Å². The molecule has 1 aliphatic rings. The highest BCUT2D eigenvalue weighted by Crippen LogP contribution is 2.22. The average molecular weight is 234 g/mol. The molecule has 0 amide bonds. The molecule has 1 saturated heterocycles. The van der Waals surface area contributed by atoms with Gasteiger partial charge >= 0.3 is 0 Å². The Morgan fingerprint density at radius 3 is 2.71 bits per heavy atom. The van der Waals surface area contributed by atoms with E-state index in [1.54, 1.807) is 6.20 Å². The van der Waals surface area contributed by atoms with E-state index in [-0.39, 0.29) is 18.0 Å². The maximum absolute atomic E-state index is 7.55. The molecule has 2 rings (SSSR count). The van der Waals surface area contributed by atoms with Crippen LogP contribution >= 0.6 is 0 Å². The number of nitrogens with one attached hydrogen (secondary N) is 1. The molecule has 5 heteroatoms. The Kier molecular flexibility index (Phi) is 3.28. The molecular formula is C12H18N4O. The maximum Gasteiger partial charge on any atom is 0.143 e. The van der Waals surface area contributed by atoms with Gasteiger partial charge in [0.05, 0.1) is 17.9 Å². The van der Waals surface area contributed by atoms with E-state index in [1.165, 1.54) is 0 Å². The summed E-state index contributed by atoms with van der Waals surface area (Å²) in [5.74, 6) is 0.00685. The maximum atomic E-state index is 7.55. The molecule has 17 heavy (non-hydrogen) atoms. The van der Waals surface area contributed by atoms with Crippen LogP contribution in [0.25, 0.3) is 0 Å². The van der Waals surface area contributed by atoms with Crippen LogP contribution in [0.2, 0.25) is 0 Å². The molecule has 92 valence electrons. The lowest BCUT2D eigenvalue weighted by Crippen LogP contribution is -2.46. The van der Waals surface area contributed by atoms with Crippen molar-refractivity contribution < 1.29 is 4.74 Å². The first-order chi connectivity index (χ1) is 8.08. The molecule has 0 aliphatic carbocycles. The first-order valence-corrected chi connectivity index (χ1v) is 5.77. The Morgan fingerprint density at radius 2 is 2.12 bits per heavy atom. The normalized spacial score (nSPS) is 24.7. The second-order valence-electron chi connectivity index (χ2n) is 4.45. The molecule has 0 bridgehead atoms. The third kappa shape index (κ3) is 2.55. The molecule has 1 aliphatic heterocycles. The number of ether oxygens (including phenoxy) is 1. The summed E-state index contributed by atoms with van der Waals surface area (Å²) in [6, 6.07) is 3.82. The van der Waals surface area contributed by atoms with Crippen molar-refractivity contribution in [3.05, 3.63) is 24.0 Å². The molecule has 2 atom stereocenters. The predicted octanol–water partition coefficient (Wildman–Crippen LogP) is 0.979. The first kappa shape index (κ1) is 11.9. The van der Waals surface area contributed by atoms with Crippen LogP contribution in [0.15, 0.2) is 18.3 Å². The van der Waals surface area contributed by atoms with Crippen molar-refractivity contribution in [3.63, 3.8) is 0 Å². The average Bonchev–Trinajstić information content (AvgIpc) is 2.27. The van der Waals surface area contributed by atoms with E-state index in [1.807, 2.05) is 26.0 Å². The molecule has 3 N–H and O–H groups in total. The van der Waals surface area contributed by atoms with Gasteiger partial charge in [-0.2, -0.15) is 0 Å². The Bertz CT molecular complexity index is 411. The number of nitrogens with two attached hydrogens (primary N) is 1. The fourth-order valence-electron chi connectivity index (χ4n) is 2.23. The summed E-state index contributed by atoms with van der Waals surface area (Å²) < 4.78 is 5.69. The summed E-state index contributed by atoms with van der Waals surface area (Å²) in [5, 5.41) is 7.55. The Morgan fingerprint density at radius 1 is 1.47 bits per heavy atom. The Hall–Kier alpha value is -1.62. The highest BCUT2D eigenvalue weighted by atomic mass is 16.5. The van der Waals surface area contributed by atoms with E-state index in [0.717, 1.165) is 18.8 Å². The van der Waals surface area contributed by atoms with Gasteiger partial charge in [-0.05, 0) is 26.0 Å². The summed E-state index contributed by atoms with van der Waals surface area (Å²) in [5.41, 5.74) is 7.02. The van der Waals surface area contributed by atoms with Crippen molar-refractivity contribution in [1.29, 1.82) is 5.41 Å². The van der Waals surface area contributed by atoms with Gasteiger partial charge in [0, 0.05) is 19.3 Å². The van der Waals surface area contributed by atoms with Crippen molar-refractivity contribution in [2.24, 2.45) is 5.73 Å². The van der Waals surface area contributed by atoms with Crippen LogP contribution in [0.3, 0.4) is 0 Å². The van der Waals surface area contributed by atoms with Crippen LogP contribution in [0.4, 0.5) is 5.69 Å². The third-order valence-electron chi connectivity index (χ3n) is 2.80. The predicted molar refractivity (Wildman–Crippen MR) is 67.5 cm³/mol. The molecular weight excluding hydrogens is 216 g/mol. The van der Waals surface area contributed by atoms with Crippen molar-refractivity contribution in [2.75, 3.05) is 18.0 Å². The Balaban J connectivity index is 2.30. The first-order valence-electron chi connectivity index (χ1n) is 5.77. The van der Waals surface area contributed by atoms with Gasteiger partial charge in [0.25, 0.3) is 0 Å². The molecule has 1 aromatic rings. The van der Waals surface area contributed by atoms with E-state index in [9.17, 15) is 0 Å². The number of pyridine rings is 1. The molecule has 0 saturated carbocycles. The number of hydrogen-bond acceptors (Lipinski definition) is 4. The number of morpholine rings is 1. The summed E-state index contributed by atoms with van der Waals surface area (Å²) in [7, 11) is 0. The summed E-state index contributed by atoms with van der Waals surface area (Å²) in [6.07, 6.45) is 2.02. The second kappa shape index (κ2) is 4.71. The minimum atomic E-state index is 0.00685. The fraction of sp³-hybridized carbons (Fsp3) is 0.500. The zero-order valence-electron chi connectivity index (χ0n) is 10.2. The van der Waals surface area contributed by atoms with E-state index in [4.69, 9.17) is 15.9 Å². The number of rotatable bonds is 2. The van der Waals surface area contributed by atoms with Gasteiger partial charge in [0.15, 0.2) is 0 Å². The topological polar surface area (TPSA) is 75.2 Å². The number of amidine groups is 1. The lowest BCUT2D eigenvalue weighted by molar-refractivity contribution is -0.00524. The molecule has 2 heterocycles. The van der Waals surface area contributed by atoms with E-state index < -0.39 is 0 Å². The molecule has 0 spiro atoms. The van der Waals surface area contributed by atoms with Crippen LogP contribution in [0.1, 0.15) is 19.5 Å². The largest absolute Gasteiger partial charge is 0.382 e. The van der Waals surface area contributed by atoms with Gasteiger partial charge in [-0.1, -0.05) is 0 Å². The zero-order chi connectivity index (χ0) is 12.4. The molecule has 5 nitrogen and oxygen atoms in total. The minimum absolute atomic E-state index is 0.00685. The highest BCUT2D eigenvalue weighted by Gasteiger charge is 2.24. The monoisotopic (exact) mass is 234 g/mol. The van der Waals surface area contributed by atoms with Gasteiger partial charge in [-0.3, -0.25) is 10.4 Å². The number of anilines is 1. The fourth-order valence-corrected chi connectivity index (χ4v) is 2.23. The van der Waals surface area contributed by atoms with Gasteiger partial charge in [-0.15, -0.1) is 0 Å². The van der Waals surface area contributed by atoms with Crippen molar-refractivity contribution in [2.45, 2.75) is 26.1 Å². The van der Waals surface area contributed by atoms with Gasteiger partial charge in [-0.25, -0.2) is 0 Å². The summed E-state index contributed by atoms with van der Waals surface area (Å²) in [4.78, 5) is 6.35. The smallest absolute Gasteiger partial charge is 0.143 e. The quantitative estimate of drug-likeness (QED) is 0.591. The third-order valence-corrected chi connectivity index (χ3v) is 2.80. The minimum Gasteiger partial charge on any atom is -0.382 e. The molecule has 0 aromatic carbocycles. The number of aromatic nitrogens is 1. The van der Waals surface area contributed by atoms with Crippen LogP contribution in [0.5, 0.6) is 0 Å². The van der Waals surface area contributed by atoms with E-state index in [2.05, 4.69) is 9.88 Å².